The van der Waals surface area contributed by atoms with Crippen LogP contribution in [0, 0.1) is 0 Å². The number of hydrogen-bond acceptors (Lipinski definition) is 4. The highest BCUT2D eigenvalue weighted by Crippen LogP contribution is 2.29. The van der Waals surface area contributed by atoms with Crippen molar-refractivity contribution in [2.75, 3.05) is 19.6 Å². The normalized spacial score (nSPS) is 16.0. The number of sulfone groups is 1. The van der Waals surface area contributed by atoms with Gasteiger partial charge < -0.3 is 10.2 Å². The fraction of sp³-hybridized carbons (Fsp3) is 0.368. The Morgan fingerprint density at radius 1 is 1.15 bits per heavy atom. The van der Waals surface area contributed by atoms with E-state index in [1.165, 1.54) is 18.3 Å². The van der Waals surface area contributed by atoms with Gasteiger partial charge in [0.2, 0.25) is 0 Å². The average molecular weight is 408 g/mol. The van der Waals surface area contributed by atoms with Gasteiger partial charge in [-0.3, -0.25) is 4.98 Å². The number of halogens is 1. The van der Waals surface area contributed by atoms with Crippen LogP contribution in [0.3, 0.4) is 0 Å². The Balaban J connectivity index is 1.83. The molecule has 1 N–H and O–H groups in total. The zero-order chi connectivity index (χ0) is 19.3. The van der Waals surface area contributed by atoms with Crippen molar-refractivity contribution in [3.63, 3.8) is 0 Å². The molecule has 1 aliphatic rings. The number of aromatic nitrogens is 1. The summed E-state index contributed by atoms with van der Waals surface area (Å²) in [6.45, 7) is 1.38. The highest BCUT2D eigenvalue weighted by molar-refractivity contribution is 7.91. The van der Waals surface area contributed by atoms with Gasteiger partial charge in [0.25, 0.3) is 0 Å². The zero-order valence-electron chi connectivity index (χ0n) is 14.8. The van der Waals surface area contributed by atoms with Crippen LogP contribution in [-0.4, -0.2) is 44.0 Å². The van der Waals surface area contributed by atoms with Gasteiger partial charge in [-0.05, 0) is 55.2 Å². The molecule has 2 heterocycles. The Labute approximate surface area is 164 Å². The van der Waals surface area contributed by atoms with Gasteiger partial charge in [-0.1, -0.05) is 17.7 Å². The van der Waals surface area contributed by atoms with Gasteiger partial charge in [-0.2, -0.15) is 0 Å². The standard InChI is InChI=1S/C19H22ClN3O3S/c20-16-6-8-17(9-7-16)27(25,26)18(15-5-4-10-21-13-15)14-22-19(24)23-11-2-1-3-12-23/h4-10,13,18H,1-3,11-12,14H2,(H,22,24)/t18-/m0/s1. The number of nitrogens with one attached hydrogen (secondary N) is 1. The summed E-state index contributed by atoms with van der Waals surface area (Å²) in [4.78, 5) is 18.4. The van der Waals surface area contributed by atoms with E-state index >= 15 is 0 Å². The molecule has 2 aromatic rings. The molecule has 1 aromatic heterocycles. The summed E-state index contributed by atoms with van der Waals surface area (Å²) in [5, 5.41) is 2.33. The number of nitrogens with zero attached hydrogens (tertiary/aromatic N) is 2. The molecule has 0 spiro atoms. The predicted octanol–water partition coefficient (Wildman–Crippen LogP) is 3.45. The molecule has 1 aromatic carbocycles. The smallest absolute Gasteiger partial charge is 0.317 e. The molecule has 1 atom stereocenters. The van der Waals surface area contributed by atoms with Crippen molar-refractivity contribution in [1.29, 1.82) is 0 Å². The largest absolute Gasteiger partial charge is 0.336 e. The second kappa shape index (κ2) is 8.71. The zero-order valence-corrected chi connectivity index (χ0v) is 16.4. The van der Waals surface area contributed by atoms with Gasteiger partial charge in [0.15, 0.2) is 9.84 Å². The molecule has 8 heteroatoms. The fourth-order valence-electron chi connectivity index (χ4n) is 3.15. The van der Waals surface area contributed by atoms with E-state index in [-0.39, 0.29) is 17.5 Å². The van der Waals surface area contributed by atoms with Gasteiger partial charge in [0, 0.05) is 37.1 Å². The van der Waals surface area contributed by atoms with Crippen molar-refractivity contribution >= 4 is 27.5 Å². The number of urea groups is 1. The van der Waals surface area contributed by atoms with E-state index in [4.69, 9.17) is 11.6 Å². The summed E-state index contributed by atoms with van der Waals surface area (Å²) >= 11 is 5.88. The number of amides is 2. The van der Waals surface area contributed by atoms with Crippen molar-refractivity contribution in [1.82, 2.24) is 15.2 Å². The van der Waals surface area contributed by atoms with Crippen molar-refractivity contribution in [2.45, 2.75) is 29.4 Å². The minimum Gasteiger partial charge on any atom is -0.336 e. The molecule has 0 bridgehead atoms. The monoisotopic (exact) mass is 407 g/mol. The number of pyridine rings is 1. The topological polar surface area (TPSA) is 79.4 Å². The van der Waals surface area contributed by atoms with E-state index in [0.717, 1.165) is 19.3 Å². The molecule has 144 valence electrons. The third-order valence-corrected chi connectivity index (χ3v) is 7.02. The van der Waals surface area contributed by atoms with Crippen LogP contribution in [0.1, 0.15) is 30.1 Å². The van der Waals surface area contributed by atoms with Gasteiger partial charge in [0.1, 0.15) is 5.25 Å². The SMILES string of the molecule is O=C(NC[C@@H](c1cccnc1)S(=O)(=O)c1ccc(Cl)cc1)N1CCCCC1. The molecule has 2 amide bonds. The number of benzene rings is 1. The number of piperidine rings is 1. The molecule has 0 radical (unpaired) electrons. The van der Waals surface area contributed by atoms with E-state index in [1.807, 2.05) is 0 Å². The average Bonchev–Trinajstić information content (AvgIpc) is 2.69. The first kappa shape index (κ1) is 19.6. The molecule has 3 rings (SSSR count). The summed E-state index contributed by atoms with van der Waals surface area (Å²) in [7, 11) is -3.73. The van der Waals surface area contributed by atoms with Crippen molar-refractivity contribution in [2.24, 2.45) is 0 Å². The molecular weight excluding hydrogens is 386 g/mol. The van der Waals surface area contributed by atoms with E-state index in [2.05, 4.69) is 10.3 Å². The van der Waals surface area contributed by atoms with Crippen LogP contribution >= 0.6 is 11.6 Å². The Morgan fingerprint density at radius 3 is 2.48 bits per heavy atom. The number of carbonyl (C=O) groups excluding carboxylic acids is 1. The maximum absolute atomic E-state index is 13.2. The van der Waals surface area contributed by atoms with Crippen LogP contribution in [0.4, 0.5) is 4.79 Å². The van der Waals surface area contributed by atoms with Crippen LogP contribution in [-0.2, 0) is 9.84 Å². The highest BCUT2D eigenvalue weighted by atomic mass is 35.5. The molecule has 1 saturated heterocycles. The number of likely N-dealkylation sites (tertiary alicyclic amines) is 1. The molecule has 6 nitrogen and oxygen atoms in total. The van der Waals surface area contributed by atoms with Crippen molar-refractivity contribution in [3.05, 3.63) is 59.4 Å². The Morgan fingerprint density at radius 2 is 1.85 bits per heavy atom. The molecule has 1 aliphatic heterocycles. The molecule has 0 aliphatic carbocycles. The second-order valence-corrected chi connectivity index (χ2v) is 9.07. The first-order chi connectivity index (χ1) is 13.0. The van der Waals surface area contributed by atoms with E-state index in [9.17, 15) is 13.2 Å². The molecule has 0 saturated carbocycles. The molecule has 0 unspecified atom stereocenters. The lowest BCUT2D eigenvalue weighted by atomic mass is 10.1. The van der Waals surface area contributed by atoms with E-state index < -0.39 is 15.1 Å². The van der Waals surface area contributed by atoms with Crippen molar-refractivity contribution in [3.8, 4) is 0 Å². The summed E-state index contributed by atoms with van der Waals surface area (Å²) in [6.07, 6.45) is 6.17. The number of carbonyl (C=O) groups is 1. The summed E-state index contributed by atoms with van der Waals surface area (Å²) in [6, 6.07) is 9.21. The van der Waals surface area contributed by atoms with Crippen LogP contribution in [0.5, 0.6) is 0 Å². The summed E-state index contributed by atoms with van der Waals surface area (Å²) in [5.41, 5.74) is 0.534. The highest BCUT2D eigenvalue weighted by Gasteiger charge is 2.30. The lowest BCUT2D eigenvalue weighted by Gasteiger charge is -2.28. The van der Waals surface area contributed by atoms with Crippen LogP contribution in [0.15, 0.2) is 53.7 Å². The lowest BCUT2D eigenvalue weighted by molar-refractivity contribution is 0.186. The number of hydrogen-bond donors (Lipinski definition) is 1. The quantitative estimate of drug-likeness (QED) is 0.823. The third kappa shape index (κ3) is 4.78. The predicted molar refractivity (Wildman–Crippen MR) is 104 cm³/mol. The third-order valence-electron chi connectivity index (χ3n) is 4.65. The van der Waals surface area contributed by atoms with E-state index in [1.54, 1.807) is 35.4 Å². The van der Waals surface area contributed by atoms with Crippen molar-refractivity contribution < 1.29 is 13.2 Å². The van der Waals surface area contributed by atoms with Gasteiger partial charge in [-0.15, -0.1) is 0 Å². The fourth-order valence-corrected chi connectivity index (χ4v) is 4.92. The van der Waals surface area contributed by atoms with Crippen LogP contribution in [0.2, 0.25) is 5.02 Å². The molecule has 1 fully saturated rings. The Bertz CT molecular complexity index is 867. The summed E-state index contributed by atoms with van der Waals surface area (Å²) in [5.74, 6) is 0. The molecule has 27 heavy (non-hydrogen) atoms. The first-order valence-electron chi connectivity index (χ1n) is 8.90. The minimum atomic E-state index is -3.73. The first-order valence-corrected chi connectivity index (χ1v) is 10.8. The van der Waals surface area contributed by atoms with Gasteiger partial charge in [0.05, 0.1) is 4.90 Å². The maximum Gasteiger partial charge on any atom is 0.317 e. The minimum absolute atomic E-state index is 0.0218. The van der Waals surface area contributed by atoms with Crippen LogP contribution < -0.4 is 5.32 Å². The number of rotatable bonds is 5. The van der Waals surface area contributed by atoms with Crippen LogP contribution in [0.25, 0.3) is 0 Å². The molecular formula is C19H22ClN3O3S. The van der Waals surface area contributed by atoms with Gasteiger partial charge >= 0.3 is 6.03 Å². The van der Waals surface area contributed by atoms with E-state index in [0.29, 0.717) is 23.7 Å². The second-order valence-electron chi connectivity index (χ2n) is 6.51. The Hall–Kier alpha value is -2.12. The summed E-state index contributed by atoms with van der Waals surface area (Å²) < 4.78 is 26.4. The lowest BCUT2D eigenvalue weighted by Crippen LogP contribution is -2.44. The van der Waals surface area contributed by atoms with Gasteiger partial charge in [-0.25, -0.2) is 13.2 Å². The Kier molecular flexibility index (Phi) is 6.34. The maximum atomic E-state index is 13.2.